The summed E-state index contributed by atoms with van der Waals surface area (Å²) >= 11 is 5.70. The third-order valence-electron chi connectivity index (χ3n) is 7.66. The molecule has 0 spiro atoms. The van der Waals surface area contributed by atoms with Crippen LogP contribution in [0.25, 0.3) is 10.9 Å². The quantitative estimate of drug-likeness (QED) is 0.366. The monoisotopic (exact) mass is 505 g/mol. The Balaban J connectivity index is 1.16. The molecule has 2 aromatic rings. The van der Waals surface area contributed by atoms with Gasteiger partial charge in [0.15, 0.2) is 5.11 Å². The molecule has 5 heterocycles. The fourth-order valence-corrected chi connectivity index (χ4v) is 6.29. The van der Waals surface area contributed by atoms with E-state index in [1.54, 1.807) is 35.4 Å². The standard InChI is InChI=1S/C25H27N7O3S/c26-14-16-4-5-19(18-3-1-6-27-21(16)18)32-23(33)22-20-13-17(31(22)25(32)34)15-30(20)24(36)28-7-2-8-29-9-11-35-12-10-29/h1,3-6,17,20,22H,2,7-13,15H2,(H,28,36)/t17-,20?,22+/m1/s1. The smallest absolute Gasteiger partial charge is 0.332 e. The number of nitrogens with one attached hydrogen (secondary N) is 1. The van der Waals surface area contributed by atoms with Gasteiger partial charge in [-0.3, -0.25) is 14.7 Å². The molecule has 3 atom stereocenters. The summed E-state index contributed by atoms with van der Waals surface area (Å²) in [5, 5.41) is 14.1. The van der Waals surface area contributed by atoms with Gasteiger partial charge < -0.3 is 19.9 Å². The van der Waals surface area contributed by atoms with E-state index >= 15 is 0 Å². The van der Waals surface area contributed by atoms with Crippen molar-refractivity contribution in [1.29, 1.82) is 5.26 Å². The van der Waals surface area contributed by atoms with Crippen molar-refractivity contribution in [3.05, 3.63) is 36.0 Å². The van der Waals surface area contributed by atoms with Crippen LogP contribution in [0.4, 0.5) is 10.5 Å². The average Bonchev–Trinajstić information content (AvgIpc) is 3.58. The number of nitrogens with zero attached hydrogens (tertiary/aromatic N) is 6. The van der Waals surface area contributed by atoms with Gasteiger partial charge in [0.05, 0.1) is 42.1 Å². The molecule has 2 bridgehead atoms. The highest BCUT2D eigenvalue weighted by atomic mass is 32.1. The van der Waals surface area contributed by atoms with Gasteiger partial charge in [0, 0.05) is 37.8 Å². The van der Waals surface area contributed by atoms with Crippen molar-refractivity contribution in [3.63, 3.8) is 0 Å². The maximum Gasteiger partial charge on any atom is 0.332 e. The molecule has 0 radical (unpaired) electrons. The number of thiocarbonyl (C=S) groups is 1. The lowest BCUT2D eigenvalue weighted by Gasteiger charge is -2.36. The molecule has 186 valence electrons. The van der Waals surface area contributed by atoms with E-state index in [1.807, 2.05) is 0 Å². The number of urea groups is 1. The van der Waals surface area contributed by atoms with E-state index in [1.165, 1.54) is 4.90 Å². The number of amides is 3. The summed E-state index contributed by atoms with van der Waals surface area (Å²) in [6.07, 6.45) is 3.32. The fourth-order valence-electron chi connectivity index (χ4n) is 5.98. The van der Waals surface area contributed by atoms with Crippen molar-refractivity contribution in [3.8, 4) is 6.07 Å². The van der Waals surface area contributed by atoms with Crippen LogP contribution in [-0.2, 0) is 9.53 Å². The molecule has 1 unspecified atom stereocenters. The molecule has 6 rings (SSSR count). The molecule has 0 aliphatic carbocycles. The molecule has 3 amide bonds. The molecular weight excluding hydrogens is 478 g/mol. The molecule has 0 saturated carbocycles. The lowest BCUT2D eigenvalue weighted by atomic mass is 10.1. The van der Waals surface area contributed by atoms with Crippen LogP contribution in [0, 0.1) is 11.3 Å². The number of benzene rings is 1. The summed E-state index contributed by atoms with van der Waals surface area (Å²) in [6, 6.07) is 7.88. The first-order chi connectivity index (χ1) is 17.6. The van der Waals surface area contributed by atoms with Gasteiger partial charge in [0.2, 0.25) is 0 Å². The van der Waals surface area contributed by atoms with Crippen molar-refractivity contribution in [1.82, 2.24) is 25.0 Å². The number of hydrogen-bond acceptors (Lipinski definition) is 7. The Labute approximate surface area is 214 Å². The number of piperazine rings is 1. The van der Waals surface area contributed by atoms with Crippen LogP contribution < -0.4 is 10.2 Å². The molecular formula is C25H27N7O3S. The minimum absolute atomic E-state index is 0.0580. The minimum atomic E-state index is -0.563. The van der Waals surface area contributed by atoms with Gasteiger partial charge in [-0.1, -0.05) is 0 Å². The number of hydrogen-bond donors (Lipinski definition) is 1. The van der Waals surface area contributed by atoms with Crippen LogP contribution in [-0.4, -0.2) is 101 Å². The van der Waals surface area contributed by atoms with Crippen molar-refractivity contribution in [2.24, 2.45) is 0 Å². The highest BCUT2D eigenvalue weighted by molar-refractivity contribution is 7.80. The third-order valence-corrected chi connectivity index (χ3v) is 8.04. The second kappa shape index (κ2) is 9.28. The third kappa shape index (κ3) is 3.68. The van der Waals surface area contributed by atoms with E-state index in [9.17, 15) is 14.9 Å². The maximum absolute atomic E-state index is 13.7. The first-order valence-electron chi connectivity index (χ1n) is 12.4. The number of ether oxygens (including phenoxy) is 1. The topological polar surface area (TPSA) is 105 Å². The zero-order chi connectivity index (χ0) is 24.8. The largest absolute Gasteiger partial charge is 0.379 e. The molecule has 4 aliphatic rings. The molecule has 4 fully saturated rings. The first kappa shape index (κ1) is 23.1. The maximum atomic E-state index is 13.7. The number of aromatic nitrogens is 1. The summed E-state index contributed by atoms with van der Waals surface area (Å²) < 4.78 is 5.40. The molecule has 1 aromatic heterocycles. The molecule has 10 nitrogen and oxygen atoms in total. The summed E-state index contributed by atoms with van der Waals surface area (Å²) in [7, 11) is 0. The lowest BCUT2D eigenvalue weighted by Crippen LogP contribution is -2.57. The Morgan fingerprint density at radius 1 is 1.25 bits per heavy atom. The van der Waals surface area contributed by atoms with Gasteiger partial charge in [0.1, 0.15) is 12.1 Å². The van der Waals surface area contributed by atoms with E-state index in [0.29, 0.717) is 33.8 Å². The molecule has 4 aliphatic heterocycles. The van der Waals surface area contributed by atoms with Crippen molar-refractivity contribution in [2.45, 2.75) is 31.0 Å². The Morgan fingerprint density at radius 2 is 2.08 bits per heavy atom. The van der Waals surface area contributed by atoms with Crippen molar-refractivity contribution >= 4 is 45.9 Å². The lowest BCUT2D eigenvalue weighted by molar-refractivity contribution is -0.120. The average molecular weight is 506 g/mol. The predicted octanol–water partition coefficient (Wildman–Crippen LogP) is 1.30. The Hall–Kier alpha value is -3.33. The molecule has 1 aromatic carbocycles. The number of pyridine rings is 1. The number of imide groups is 1. The van der Waals surface area contributed by atoms with E-state index < -0.39 is 6.04 Å². The highest BCUT2D eigenvalue weighted by Crippen LogP contribution is 2.43. The van der Waals surface area contributed by atoms with Gasteiger partial charge >= 0.3 is 6.03 Å². The van der Waals surface area contributed by atoms with Crippen LogP contribution >= 0.6 is 12.2 Å². The summed E-state index contributed by atoms with van der Waals surface area (Å²) in [5.74, 6) is -0.248. The number of carbonyl (C=O) groups is 2. The zero-order valence-corrected chi connectivity index (χ0v) is 20.6. The second-order valence-electron chi connectivity index (χ2n) is 9.60. The summed E-state index contributed by atoms with van der Waals surface area (Å²) in [6.45, 7) is 5.90. The SMILES string of the molecule is N#Cc1ccc(N2C(=O)[C@@H]3C4C[C@H](CN4C(=S)NCCCN4CCOCC4)N3C2=O)c2cccnc12. The second-order valence-corrected chi connectivity index (χ2v) is 9.99. The number of nitriles is 1. The van der Waals surface area contributed by atoms with E-state index in [-0.39, 0.29) is 24.0 Å². The zero-order valence-electron chi connectivity index (χ0n) is 19.8. The van der Waals surface area contributed by atoms with Gasteiger partial charge in [-0.25, -0.2) is 9.69 Å². The minimum Gasteiger partial charge on any atom is -0.379 e. The highest BCUT2D eigenvalue weighted by Gasteiger charge is 2.62. The number of likely N-dealkylation sites (tertiary alicyclic amines) is 1. The van der Waals surface area contributed by atoms with Gasteiger partial charge in [-0.15, -0.1) is 0 Å². The fraction of sp³-hybridized carbons (Fsp3) is 0.480. The van der Waals surface area contributed by atoms with Gasteiger partial charge in [-0.2, -0.15) is 5.26 Å². The van der Waals surface area contributed by atoms with Gasteiger partial charge in [0.25, 0.3) is 5.91 Å². The van der Waals surface area contributed by atoms with Crippen LogP contribution in [0.3, 0.4) is 0 Å². The number of fused-ring (bicyclic) bond motifs is 6. The summed E-state index contributed by atoms with van der Waals surface area (Å²) in [5.41, 5.74) is 1.36. The predicted molar refractivity (Wildman–Crippen MR) is 136 cm³/mol. The van der Waals surface area contributed by atoms with E-state index in [0.717, 1.165) is 52.2 Å². The Kier molecular flexibility index (Phi) is 5.95. The number of rotatable bonds is 5. The molecule has 4 saturated heterocycles. The Bertz CT molecular complexity index is 1270. The van der Waals surface area contributed by atoms with Crippen LogP contribution in [0.15, 0.2) is 30.5 Å². The molecule has 36 heavy (non-hydrogen) atoms. The van der Waals surface area contributed by atoms with Crippen LogP contribution in [0.2, 0.25) is 0 Å². The van der Waals surface area contributed by atoms with Crippen LogP contribution in [0.5, 0.6) is 0 Å². The van der Waals surface area contributed by atoms with Gasteiger partial charge in [-0.05, 0) is 55.9 Å². The number of morpholine rings is 1. The van der Waals surface area contributed by atoms with E-state index in [2.05, 4.69) is 26.2 Å². The normalized spacial score (nSPS) is 25.5. The Morgan fingerprint density at radius 3 is 2.89 bits per heavy atom. The molecule has 1 N–H and O–H groups in total. The van der Waals surface area contributed by atoms with Crippen molar-refractivity contribution in [2.75, 3.05) is 50.8 Å². The van der Waals surface area contributed by atoms with Crippen molar-refractivity contribution < 1.29 is 14.3 Å². The first-order valence-corrected chi connectivity index (χ1v) is 12.8. The summed E-state index contributed by atoms with van der Waals surface area (Å²) in [4.78, 5) is 38.9. The number of carbonyl (C=O) groups excluding carboxylic acids is 2. The van der Waals surface area contributed by atoms with E-state index in [4.69, 9.17) is 17.0 Å². The molecule has 11 heteroatoms. The van der Waals surface area contributed by atoms with Crippen LogP contribution in [0.1, 0.15) is 18.4 Å². The number of anilines is 1.